The van der Waals surface area contributed by atoms with Gasteiger partial charge in [-0.25, -0.2) is 0 Å². The van der Waals surface area contributed by atoms with E-state index >= 15 is 0 Å². The number of ether oxygens (including phenoxy) is 2. The maximum atomic E-state index is 10.0. The van der Waals surface area contributed by atoms with E-state index in [2.05, 4.69) is 18.7 Å². The predicted octanol–water partition coefficient (Wildman–Crippen LogP) is 1.91. The van der Waals surface area contributed by atoms with Crippen molar-refractivity contribution < 1.29 is 14.6 Å². The molecule has 1 aliphatic heterocycles. The molecule has 0 radical (unpaired) electrons. The minimum Gasteiger partial charge on any atom is -0.389 e. The molecule has 2 atom stereocenters. The van der Waals surface area contributed by atoms with Gasteiger partial charge in [0.1, 0.15) is 0 Å². The number of β-amino-alcohol motifs (C(OH)–C–C–N with tert-alkyl or cyclic N) is 1. The van der Waals surface area contributed by atoms with Gasteiger partial charge in [-0.1, -0.05) is 13.8 Å². The second-order valence-electron chi connectivity index (χ2n) is 6.57. The molecule has 1 heterocycles. The minimum absolute atomic E-state index is 0.0442. The molecule has 0 aliphatic carbocycles. The average Bonchev–Trinajstić information content (AvgIpc) is 2.49. The molecule has 19 heavy (non-hydrogen) atoms. The Morgan fingerprint density at radius 2 is 1.95 bits per heavy atom. The van der Waals surface area contributed by atoms with Gasteiger partial charge in [-0.15, -0.1) is 0 Å². The predicted molar refractivity (Wildman–Crippen MR) is 77.4 cm³/mol. The van der Waals surface area contributed by atoms with Crippen LogP contribution in [0.15, 0.2) is 0 Å². The average molecular weight is 273 g/mol. The number of rotatable bonds is 7. The van der Waals surface area contributed by atoms with Gasteiger partial charge in [0.2, 0.25) is 0 Å². The minimum atomic E-state index is -0.402. The highest BCUT2D eigenvalue weighted by Gasteiger charge is 2.24. The Bertz CT molecular complexity index is 246. The molecule has 1 N–H and O–H groups in total. The standard InChI is InChI=1S/C15H31NO3/c1-13(11-18-4)19-12-14(17)10-16-8-5-6-15(2,3)7-9-16/h13-14,17H,5-12H2,1-4H3. The SMILES string of the molecule is COCC(C)OCC(O)CN1CCCC(C)(C)CC1. The number of aliphatic hydroxyl groups excluding tert-OH is 1. The van der Waals surface area contributed by atoms with E-state index in [9.17, 15) is 5.11 Å². The molecule has 0 aromatic carbocycles. The van der Waals surface area contributed by atoms with E-state index in [0.29, 0.717) is 18.6 Å². The molecule has 0 saturated carbocycles. The fraction of sp³-hybridized carbons (Fsp3) is 1.00. The van der Waals surface area contributed by atoms with Crippen LogP contribution in [-0.4, -0.2) is 62.2 Å². The first-order valence-corrected chi connectivity index (χ1v) is 7.44. The van der Waals surface area contributed by atoms with Crippen molar-refractivity contribution in [2.24, 2.45) is 5.41 Å². The topological polar surface area (TPSA) is 41.9 Å². The van der Waals surface area contributed by atoms with Crippen LogP contribution in [0, 0.1) is 5.41 Å². The van der Waals surface area contributed by atoms with Crippen molar-refractivity contribution in [3.8, 4) is 0 Å². The lowest BCUT2D eigenvalue weighted by Gasteiger charge is -2.25. The first kappa shape index (κ1) is 16.9. The van der Waals surface area contributed by atoms with E-state index in [-0.39, 0.29) is 6.10 Å². The van der Waals surface area contributed by atoms with Gasteiger partial charge in [0.05, 0.1) is 25.4 Å². The van der Waals surface area contributed by atoms with Gasteiger partial charge in [0.15, 0.2) is 0 Å². The Hall–Kier alpha value is -0.160. The zero-order valence-corrected chi connectivity index (χ0v) is 13.0. The summed E-state index contributed by atoms with van der Waals surface area (Å²) in [6, 6.07) is 0. The fourth-order valence-electron chi connectivity index (χ4n) is 2.57. The van der Waals surface area contributed by atoms with Gasteiger partial charge < -0.3 is 19.5 Å². The highest BCUT2D eigenvalue weighted by atomic mass is 16.5. The number of methoxy groups -OCH3 is 1. The second kappa shape index (κ2) is 8.20. The molecule has 1 rings (SSSR count). The summed E-state index contributed by atoms with van der Waals surface area (Å²) < 4.78 is 10.6. The smallest absolute Gasteiger partial charge is 0.0900 e. The summed E-state index contributed by atoms with van der Waals surface area (Å²) in [5.74, 6) is 0. The summed E-state index contributed by atoms with van der Waals surface area (Å²) in [6.07, 6.45) is 3.35. The third-order valence-electron chi connectivity index (χ3n) is 3.88. The van der Waals surface area contributed by atoms with Crippen molar-refractivity contribution in [2.75, 3.05) is 40.0 Å². The summed E-state index contributed by atoms with van der Waals surface area (Å²) in [4.78, 5) is 2.36. The van der Waals surface area contributed by atoms with Crippen molar-refractivity contribution in [3.63, 3.8) is 0 Å². The number of hydrogen-bond acceptors (Lipinski definition) is 4. The molecule has 1 fully saturated rings. The van der Waals surface area contributed by atoms with E-state index in [1.165, 1.54) is 19.3 Å². The molecule has 114 valence electrons. The molecule has 4 heteroatoms. The van der Waals surface area contributed by atoms with Crippen LogP contribution in [0.4, 0.5) is 0 Å². The van der Waals surface area contributed by atoms with Gasteiger partial charge >= 0.3 is 0 Å². The number of aliphatic hydroxyl groups is 1. The highest BCUT2D eigenvalue weighted by molar-refractivity contribution is 4.77. The van der Waals surface area contributed by atoms with Crippen LogP contribution in [0.25, 0.3) is 0 Å². The molecule has 2 unspecified atom stereocenters. The number of hydrogen-bond donors (Lipinski definition) is 1. The van der Waals surface area contributed by atoms with E-state index in [0.717, 1.165) is 19.6 Å². The Kier molecular flexibility index (Phi) is 7.29. The summed E-state index contributed by atoms with van der Waals surface area (Å²) in [5.41, 5.74) is 0.448. The Morgan fingerprint density at radius 1 is 1.21 bits per heavy atom. The number of nitrogens with zero attached hydrogens (tertiary/aromatic N) is 1. The quantitative estimate of drug-likeness (QED) is 0.769. The third kappa shape index (κ3) is 7.25. The normalized spacial score (nSPS) is 23.8. The molecular weight excluding hydrogens is 242 g/mol. The first-order valence-electron chi connectivity index (χ1n) is 7.44. The van der Waals surface area contributed by atoms with Crippen LogP contribution in [0.2, 0.25) is 0 Å². The van der Waals surface area contributed by atoms with Gasteiger partial charge in [0, 0.05) is 13.7 Å². The Labute approximate surface area is 118 Å². The summed E-state index contributed by atoms with van der Waals surface area (Å²) in [5, 5.41) is 10.0. The zero-order chi connectivity index (χ0) is 14.3. The summed E-state index contributed by atoms with van der Waals surface area (Å²) in [6.45, 7) is 10.5. The van der Waals surface area contributed by atoms with E-state index < -0.39 is 6.10 Å². The first-order chi connectivity index (χ1) is 8.93. The van der Waals surface area contributed by atoms with Crippen LogP contribution in [0.5, 0.6) is 0 Å². The monoisotopic (exact) mass is 273 g/mol. The molecule has 1 saturated heterocycles. The van der Waals surface area contributed by atoms with Crippen LogP contribution in [0.1, 0.15) is 40.0 Å². The van der Waals surface area contributed by atoms with Crippen molar-refractivity contribution >= 4 is 0 Å². The highest BCUT2D eigenvalue weighted by Crippen LogP contribution is 2.29. The van der Waals surface area contributed by atoms with Gasteiger partial charge in [-0.05, 0) is 44.7 Å². The second-order valence-corrected chi connectivity index (χ2v) is 6.57. The molecule has 4 nitrogen and oxygen atoms in total. The van der Waals surface area contributed by atoms with E-state index in [4.69, 9.17) is 9.47 Å². The van der Waals surface area contributed by atoms with Crippen molar-refractivity contribution in [1.82, 2.24) is 4.90 Å². The summed E-state index contributed by atoms with van der Waals surface area (Å²) >= 11 is 0. The lowest BCUT2D eigenvalue weighted by atomic mass is 9.85. The molecule has 0 aromatic rings. The lowest BCUT2D eigenvalue weighted by molar-refractivity contribution is -0.0396. The lowest BCUT2D eigenvalue weighted by Crippen LogP contribution is -2.36. The van der Waals surface area contributed by atoms with Crippen LogP contribution in [0.3, 0.4) is 0 Å². The molecule has 0 amide bonds. The molecule has 0 aromatic heterocycles. The van der Waals surface area contributed by atoms with Crippen molar-refractivity contribution in [1.29, 1.82) is 0 Å². The maximum Gasteiger partial charge on any atom is 0.0900 e. The van der Waals surface area contributed by atoms with Crippen LogP contribution in [-0.2, 0) is 9.47 Å². The van der Waals surface area contributed by atoms with Gasteiger partial charge in [0.25, 0.3) is 0 Å². The Morgan fingerprint density at radius 3 is 2.63 bits per heavy atom. The Balaban J connectivity index is 2.22. The van der Waals surface area contributed by atoms with E-state index in [1.807, 2.05) is 6.92 Å². The van der Waals surface area contributed by atoms with Crippen molar-refractivity contribution in [2.45, 2.75) is 52.2 Å². The molecular formula is C15H31NO3. The van der Waals surface area contributed by atoms with Gasteiger partial charge in [-0.2, -0.15) is 0 Å². The van der Waals surface area contributed by atoms with Crippen molar-refractivity contribution in [3.05, 3.63) is 0 Å². The summed E-state index contributed by atoms with van der Waals surface area (Å²) in [7, 11) is 1.66. The molecule has 0 spiro atoms. The van der Waals surface area contributed by atoms with Gasteiger partial charge in [-0.3, -0.25) is 0 Å². The number of likely N-dealkylation sites (tertiary alicyclic amines) is 1. The fourth-order valence-corrected chi connectivity index (χ4v) is 2.57. The van der Waals surface area contributed by atoms with E-state index in [1.54, 1.807) is 7.11 Å². The maximum absolute atomic E-state index is 10.0. The zero-order valence-electron chi connectivity index (χ0n) is 13.0. The molecule has 0 bridgehead atoms. The third-order valence-corrected chi connectivity index (χ3v) is 3.88. The molecule has 1 aliphatic rings. The van der Waals surface area contributed by atoms with Crippen LogP contribution >= 0.6 is 0 Å². The van der Waals surface area contributed by atoms with Crippen LogP contribution < -0.4 is 0 Å². The largest absolute Gasteiger partial charge is 0.389 e.